The molecule has 1 aromatic heterocycles. The van der Waals surface area contributed by atoms with Crippen LogP contribution in [0.1, 0.15) is 19.7 Å². The van der Waals surface area contributed by atoms with E-state index in [0.29, 0.717) is 29.7 Å². The van der Waals surface area contributed by atoms with E-state index < -0.39 is 0 Å². The van der Waals surface area contributed by atoms with E-state index >= 15 is 0 Å². The van der Waals surface area contributed by atoms with Gasteiger partial charge in [-0.15, -0.1) is 0 Å². The molecule has 0 radical (unpaired) electrons. The molecule has 0 aliphatic heterocycles. The maximum Gasteiger partial charge on any atom is 0.240 e. The number of aromatic nitrogens is 2. The summed E-state index contributed by atoms with van der Waals surface area (Å²) in [6.07, 6.45) is 0. The summed E-state index contributed by atoms with van der Waals surface area (Å²) in [6, 6.07) is 6.14. The minimum atomic E-state index is -0.309. The van der Waals surface area contributed by atoms with Gasteiger partial charge in [0.05, 0.1) is 6.54 Å². The van der Waals surface area contributed by atoms with Gasteiger partial charge in [0.2, 0.25) is 11.7 Å². The van der Waals surface area contributed by atoms with E-state index in [1.165, 1.54) is 12.1 Å². The van der Waals surface area contributed by atoms with Gasteiger partial charge >= 0.3 is 0 Å². The van der Waals surface area contributed by atoms with Crippen molar-refractivity contribution in [3.8, 4) is 11.4 Å². The van der Waals surface area contributed by atoms with Crippen molar-refractivity contribution < 1.29 is 8.91 Å². The van der Waals surface area contributed by atoms with Gasteiger partial charge in [-0.2, -0.15) is 4.98 Å². The molecule has 0 bridgehead atoms. The summed E-state index contributed by atoms with van der Waals surface area (Å²) >= 11 is 0. The molecule has 2 rings (SSSR count). The van der Waals surface area contributed by atoms with Crippen molar-refractivity contribution >= 4 is 0 Å². The van der Waals surface area contributed by atoms with Gasteiger partial charge in [0.15, 0.2) is 0 Å². The lowest BCUT2D eigenvalue weighted by molar-refractivity contribution is 0.364. The van der Waals surface area contributed by atoms with Crippen molar-refractivity contribution in [2.45, 2.75) is 20.4 Å². The molecular formula is C13H16FN3O. The summed E-state index contributed by atoms with van der Waals surface area (Å²) < 4.78 is 18.1. The fourth-order valence-electron chi connectivity index (χ4n) is 1.54. The second-order valence-electron chi connectivity index (χ2n) is 4.55. The monoisotopic (exact) mass is 249 g/mol. The van der Waals surface area contributed by atoms with Gasteiger partial charge in [0.25, 0.3) is 0 Å². The number of rotatable bonds is 5. The van der Waals surface area contributed by atoms with Crippen LogP contribution in [-0.4, -0.2) is 16.7 Å². The molecule has 0 aliphatic carbocycles. The van der Waals surface area contributed by atoms with Gasteiger partial charge in [-0.05, 0) is 24.6 Å². The van der Waals surface area contributed by atoms with Crippen LogP contribution in [0.4, 0.5) is 4.39 Å². The largest absolute Gasteiger partial charge is 0.338 e. The molecule has 0 saturated carbocycles. The Morgan fingerprint density at radius 1 is 1.39 bits per heavy atom. The summed E-state index contributed by atoms with van der Waals surface area (Å²) in [7, 11) is 0. The van der Waals surface area contributed by atoms with Gasteiger partial charge in [-0.3, -0.25) is 0 Å². The van der Waals surface area contributed by atoms with Gasteiger partial charge in [0, 0.05) is 5.56 Å². The summed E-state index contributed by atoms with van der Waals surface area (Å²) in [6.45, 7) is 5.66. The van der Waals surface area contributed by atoms with Crippen molar-refractivity contribution in [1.29, 1.82) is 0 Å². The first-order valence-electron chi connectivity index (χ1n) is 5.94. The Kier molecular flexibility index (Phi) is 4.04. The molecule has 0 spiro atoms. The van der Waals surface area contributed by atoms with E-state index in [4.69, 9.17) is 4.52 Å². The maximum atomic E-state index is 13.1. The zero-order valence-corrected chi connectivity index (χ0v) is 10.5. The molecule has 5 heteroatoms. The Morgan fingerprint density at radius 3 is 2.94 bits per heavy atom. The zero-order valence-electron chi connectivity index (χ0n) is 10.5. The molecule has 1 N–H and O–H groups in total. The fraction of sp³-hybridized carbons (Fsp3) is 0.385. The second-order valence-corrected chi connectivity index (χ2v) is 4.55. The lowest BCUT2D eigenvalue weighted by Gasteiger charge is -2.03. The molecule has 1 aromatic carbocycles. The molecule has 0 saturated heterocycles. The molecule has 0 unspecified atom stereocenters. The lowest BCUT2D eigenvalue weighted by atomic mass is 10.2. The molecule has 0 fully saturated rings. The van der Waals surface area contributed by atoms with Crippen molar-refractivity contribution in [2.75, 3.05) is 6.54 Å². The van der Waals surface area contributed by atoms with Crippen LogP contribution in [-0.2, 0) is 6.54 Å². The third-order valence-corrected chi connectivity index (χ3v) is 2.38. The summed E-state index contributed by atoms with van der Waals surface area (Å²) in [5, 5.41) is 7.04. The third-order valence-electron chi connectivity index (χ3n) is 2.38. The highest BCUT2D eigenvalue weighted by atomic mass is 19.1. The van der Waals surface area contributed by atoms with Crippen LogP contribution >= 0.6 is 0 Å². The first-order valence-corrected chi connectivity index (χ1v) is 5.94. The van der Waals surface area contributed by atoms with Crippen LogP contribution in [0, 0.1) is 11.7 Å². The molecule has 1 heterocycles. The molecule has 2 aromatic rings. The minimum absolute atomic E-state index is 0.309. The van der Waals surface area contributed by atoms with E-state index in [9.17, 15) is 4.39 Å². The smallest absolute Gasteiger partial charge is 0.240 e. The van der Waals surface area contributed by atoms with Crippen LogP contribution in [0.15, 0.2) is 28.8 Å². The standard InChI is InChI=1S/C13H16FN3O/c1-9(2)7-15-8-12-16-13(17-18-12)10-4-3-5-11(14)6-10/h3-6,9,15H,7-8H2,1-2H3. The maximum absolute atomic E-state index is 13.1. The normalized spacial score (nSPS) is 11.1. The van der Waals surface area contributed by atoms with Crippen molar-refractivity contribution in [1.82, 2.24) is 15.5 Å². The van der Waals surface area contributed by atoms with Crippen LogP contribution in [0.5, 0.6) is 0 Å². The number of hydrogen-bond acceptors (Lipinski definition) is 4. The first-order chi connectivity index (χ1) is 8.65. The summed E-state index contributed by atoms with van der Waals surface area (Å²) in [4.78, 5) is 4.21. The number of hydrogen-bond donors (Lipinski definition) is 1. The molecule has 0 amide bonds. The van der Waals surface area contributed by atoms with Crippen molar-refractivity contribution in [3.63, 3.8) is 0 Å². The summed E-state index contributed by atoms with van der Waals surface area (Å²) in [5.74, 6) is 1.18. The highest BCUT2D eigenvalue weighted by Crippen LogP contribution is 2.16. The molecule has 0 aliphatic rings. The van der Waals surface area contributed by atoms with Crippen LogP contribution < -0.4 is 5.32 Å². The quantitative estimate of drug-likeness (QED) is 0.885. The predicted octanol–water partition coefficient (Wildman–Crippen LogP) is 2.62. The van der Waals surface area contributed by atoms with Crippen molar-refractivity contribution in [2.24, 2.45) is 5.92 Å². The average molecular weight is 249 g/mol. The third kappa shape index (κ3) is 3.37. The predicted molar refractivity (Wildman–Crippen MR) is 66.2 cm³/mol. The second kappa shape index (κ2) is 5.73. The Bertz CT molecular complexity index is 510. The lowest BCUT2D eigenvalue weighted by Crippen LogP contribution is -2.19. The van der Waals surface area contributed by atoms with E-state index in [2.05, 4.69) is 29.3 Å². The first kappa shape index (κ1) is 12.7. The van der Waals surface area contributed by atoms with E-state index in [-0.39, 0.29) is 5.82 Å². The zero-order chi connectivity index (χ0) is 13.0. The van der Waals surface area contributed by atoms with E-state index in [0.717, 1.165) is 6.54 Å². The molecule has 4 nitrogen and oxygen atoms in total. The number of halogens is 1. The average Bonchev–Trinajstić information content (AvgIpc) is 2.77. The Morgan fingerprint density at radius 2 is 2.22 bits per heavy atom. The highest BCUT2D eigenvalue weighted by Gasteiger charge is 2.08. The highest BCUT2D eigenvalue weighted by molar-refractivity contribution is 5.53. The molecule has 96 valence electrons. The van der Waals surface area contributed by atoms with Crippen LogP contribution in [0.25, 0.3) is 11.4 Å². The van der Waals surface area contributed by atoms with Gasteiger partial charge in [-0.25, -0.2) is 4.39 Å². The van der Waals surface area contributed by atoms with Crippen molar-refractivity contribution in [3.05, 3.63) is 36.0 Å². The minimum Gasteiger partial charge on any atom is -0.338 e. The number of nitrogens with one attached hydrogen (secondary N) is 1. The Hall–Kier alpha value is -1.75. The van der Waals surface area contributed by atoms with Gasteiger partial charge in [0.1, 0.15) is 5.82 Å². The Balaban J connectivity index is 2.02. The fourth-order valence-corrected chi connectivity index (χ4v) is 1.54. The van der Waals surface area contributed by atoms with Gasteiger partial charge in [-0.1, -0.05) is 31.1 Å². The van der Waals surface area contributed by atoms with E-state index in [1.54, 1.807) is 12.1 Å². The van der Waals surface area contributed by atoms with Gasteiger partial charge < -0.3 is 9.84 Å². The SMILES string of the molecule is CC(C)CNCc1nc(-c2cccc(F)c2)no1. The van der Waals surface area contributed by atoms with E-state index in [1.807, 2.05) is 0 Å². The molecule has 18 heavy (non-hydrogen) atoms. The summed E-state index contributed by atoms with van der Waals surface area (Å²) in [5.41, 5.74) is 0.619. The topological polar surface area (TPSA) is 51.0 Å². The van der Waals surface area contributed by atoms with Crippen LogP contribution in [0.2, 0.25) is 0 Å². The number of nitrogens with zero attached hydrogens (tertiary/aromatic N) is 2. The van der Waals surface area contributed by atoms with Crippen LogP contribution in [0.3, 0.4) is 0 Å². The number of benzene rings is 1. The molecular weight excluding hydrogens is 233 g/mol. The molecule has 0 atom stereocenters. The Labute approximate surface area is 105 Å².